The summed E-state index contributed by atoms with van der Waals surface area (Å²) in [7, 11) is -3.53. The summed E-state index contributed by atoms with van der Waals surface area (Å²) < 4.78 is 27.9. The number of hydrogen-bond acceptors (Lipinski definition) is 3. The molecule has 0 amide bonds. The number of nitrogens with one attached hydrogen (secondary N) is 1. The van der Waals surface area contributed by atoms with Crippen LogP contribution in [0.25, 0.3) is 0 Å². The Morgan fingerprint density at radius 1 is 1.29 bits per heavy atom. The summed E-state index contributed by atoms with van der Waals surface area (Å²) in [6.45, 7) is 6.16. The fraction of sp³-hybridized carbons (Fsp3) is 0.625. The lowest BCUT2D eigenvalue weighted by Gasteiger charge is -2.41. The third-order valence-corrected chi connectivity index (χ3v) is 6.48. The lowest BCUT2D eigenvalue weighted by atomic mass is 9.67. The molecule has 1 aromatic rings. The van der Waals surface area contributed by atoms with Gasteiger partial charge in [0.1, 0.15) is 0 Å². The second-order valence-corrected chi connectivity index (χ2v) is 7.96. The molecule has 5 heteroatoms. The molecule has 0 spiro atoms. The van der Waals surface area contributed by atoms with Crippen molar-refractivity contribution in [2.75, 3.05) is 6.54 Å². The van der Waals surface area contributed by atoms with Gasteiger partial charge in [-0.2, -0.15) is 0 Å². The number of aryl methyl sites for hydroxylation is 1. The van der Waals surface area contributed by atoms with Crippen molar-refractivity contribution in [2.24, 2.45) is 5.41 Å². The van der Waals surface area contributed by atoms with Crippen LogP contribution in [0.5, 0.6) is 0 Å². The molecule has 0 unspecified atom stereocenters. The largest absolute Gasteiger partial charge is 0.392 e. The molecule has 1 aromatic carbocycles. The molecule has 0 heterocycles. The Morgan fingerprint density at radius 3 is 2.43 bits per heavy atom. The summed E-state index contributed by atoms with van der Waals surface area (Å²) >= 11 is 0. The topological polar surface area (TPSA) is 66.4 Å². The van der Waals surface area contributed by atoms with E-state index in [1.165, 1.54) is 6.42 Å². The summed E-state index contributed by atoms with van der Waals surface area (Å²) in [6.07, 6.45) is 4.39. The molecule has 118 valence electrons. The van der Waals surface area contributed by atoms with Crippen LogP contribution in [-0.4, -0.2) is 20.1 Å². The van der Waals surface area contributed by atoms with Gasteiger partial charge in [0.2, 0.25) is 10.0 Å². The van der Waals surface area contributed by atoms with E-state index >= 15 is 0 Å². The monoisotopic (exact) mass is 311 g/mol. The van der Waals surface area contributed by atoms with E-state index in [9.17, 15) is 13.5 Å². The minimum Gasteiger partial charge on any atom is -0.392 e. The molecule has 0 radical (unpaired) electrons. The van der Waals surface area contributed by atoms with E-state index < -0.39 is 10.0 Å². The molecule has 2 N–H and O–H groups in total. The molecule has 1 aliphatic carbocycles. The molecular weight excluding hydrogens is 286 g/mol. The van der Waals surface area contributed by atoms with E-state index in [4.69, 9.17) is 0 Å². The fourth-order valence-electron chi connectivity index (χ4n) is 2.93. The van der Waals surface area contributed by atoms with Gasteiger partial charge < -0.3 is 5.11 Å². The molecule has 1 aliphatic rings. The predicted octanol–water partition coefficient (Wildman–Crippen LogP) is 2.65. The number of sulfonamides is 1. The van der Waals surface area contributed by atoms with Gasteiger partial charge in [-0.1, -0.05) is 19.4 Å². The van der Waals surface area contributed by atoms with Crippen molar-refractivity contribution in [1.82, 2.24) is 4.72 Å². The van der Waals surface area contributed by atoms with E-state index in [-0.39, 0.29) is 16.9 Å². The van der Waals surface area contributed by atoms with Crippen LogP contribution < -0.4 is 4.72 Å². The maximum atomic E-state index is 12.6. The van der Waals surface area contributed by atoms with Crippen molar-refractivity contribution in [3.05, 3.63) is 28.8 Å². The van der Waals surface area contributed by atoms with Crippen molar-refractivity contribution < 1.29 is 13.5 Å². The van der Waals surface area contributed by atoms with E-state index in [0.717, 1.165) is 30.4 Å². The summed E-state index contributed by atoms with van der Waals surface area (Å²) in [4.78, 5) is 0.289. The van der Waals surface area contributed by atoms with Crippen LogP contribution in [0.4, 0.5) is 0 Å². The van der Waals surface area contributed by atoms with E-state index in [1.807, 2.05) is 19.9 Å². The molecule has 0 aromatic heterocycles. The van der Waals surface area contributed by atoms with Gasteiger partial charge in [0.05, 0.1) is 11.5 Å². The van der Waals surface area contributed by atoms with Gasteiger partial charge >= 0.3 is 0 Å². The average Bonchev–Trinajstić information content (AvgIpc) is 2.40. The summed E-state index contributed by atoms with van der Waals surface area (Å²) in [5.41, 5.74) is 2.41. The van der Waals surface area contributed by atoms with Gasteiger partial charge in [-0.3, -0.25) is 0 Å². The molecule has 0 saturated heterocycles. The zero-order valence-electron chi connectivity index (χ0n) is 13.1. The van der Waals surface area contributed by atoms with Crippen LogP contribution in [0.1, 0.15) is 49.3 Å². The van der Waals surface area contributed by atoms with Crippen molar-refractivity contribution in [1.29, 1.82) is 0 Å². The zero-order valence-corrected chi connectivity index (χ0v) is 13.9. The smallest absolute Gasteiger partial charge is 0.240 e. The number of aliphatic hydroxyl groups is 1. The highest BCUT2D eigenvalue weighted by molar-refractivity contribution is 7.89. The van der Waals surface area contributed by atoms with Crippen molar-refractivity contribution in [3.63, 3.8) is 0 Å². The van der Waals surface area contributed by atoms with Gasteiger partial charge in [-0.15, -0.1) is 0 Å². The van der Waals surface area contributed by atoms with Crippen LogP contribution in [0.3, 0.4) is 0 Å². The Balaban J connectivity index is 2.25. The highest BCUT2D eigenvalue weighted by Gasteiger charge is 2.36. The lowest BCUT2D eigenvalue weighted by molar-refractivity contribution is 0.133. The van der Waals surface area contributed by atoms with Crippen LogP contribution in [0, 0.1) is 19.3 Å². The molecule has 4 nitrogen and oxygen atoms in total. The molecule has 1 fully saturated rings. The molecule has 1 saturated carbocycles. The van der Waals surface area contributed by atoms with Crippen molar-refractivity contribution in [2.45, 2.75) is 58.0 Å². The van der Waals surface area contributed by atoms with E-state index in [1.54, 1.807) is 6.07 Å². The standard InChI is InChI=1S/C16H25NO3S/c1-4-16(6-5-7-16)11-17-21(19,20)15-9-14(10-18)8-12(2)13(15)3/h8-9,17-18H,4-7,10-11H2,1-3H3. The Morgan fingerprint density at radius 2 is 1.95 bits per heavy atom. The normalized spacial score (nSPS) is 17.5. The first-order valence-electron chi connectivity index (χ1n) is 7.54. The quantitative estimate of drug-likeness (QED) is 0.849. The third-order valence-electron chi connectivity index (χ3n) is 4.95. The van der Waals surface area contributed by atoms with E-state index in [2.05, 4.69) is 11.6 Å². The minimum atomic E-state index is -3.53. The number of benzene rings is 1. The maximum Gasteiger partial charge on any atom is 0.240 e. The second-order valence-electron chi connectivity index (χ2n) is 6.23. The summed E-state index contributed by atoms with van der Waals surface area (Å²) in [5.74, 6) is 0. The van der Waals surface area contributed by atoms with Crippen molar-refractivity contribution in [3.8, 4) is 0 Å². The fourth-order valence-corrected chi connectivity index (χ4v) is 4.45. The first-order valence-corrected chi connectivity index (χ1v) is 9.02. The van der Waals surface area contributed by atoms with Crippen LogP contribution in [-0.2, 0) is 16.6 Å². The molecule has 0 atom stereocenters. The Labute approximate surface area is 127 Å². The average molecular weight is 311 g/mol. The molecule has 0 bridgehead atoms. The SMILES string of the molecule is CCC1(CNS(=O)(=O)c2cc(CO)cc(C)c2C)CCC1. The van der Waals surface area contributed by atoms with Gasteiger partial charge in [-0.05, 0) is 61.3 Å². The zero-order chi connectivity index (χ0) is 15.7. The number of rotatable bonds is 6. The predicted molar refractivity (Wildman–Crippen MR) is 83.6 cm³/mol. The van der Waals surface area contributed by atoms with Gasteiger partial charge in [0, 0.05) is 6.54 Å². The number of aliphatic hydroxyl groups excluding tert-OH is 1. The van der Waals surface area contributed by atoms with Gasteiger partial charge in [-0.25, -0.2) is 13.1 Å². The van der Waals surface area contributed by atoms with E-state index in [0.29, 0.717) is 12.1 Å². The molecule has 0 aliphatic heterocycles. The Bertz CT molecular complexity index is 613. The minimum absolute atomic E-state index is 0.143. The van der Waals surface area contributed by atoms with Crippen LogP contribution >= 0.6 is 0 Å². The molecule has 2 rings (SSSR count). The molecule has 21 heavy (non-hydrogen) atoms. The van der Waals surface area contributed by atoms with Crippen molar-refractivity contribution >= 4 is 10.0 Å². The Kier molecular flexibility index (Phi) is 4.76. The second kappa shape index (κ2) is 6.07. The first kappa shape index (κ1) is 16.5. The lowest BCUT2D eigenvalue weighted by Crippen LogP contribution is -2.41. The highest BCUT2D eigenvalue weighted by atomic mass is 32.2. The third kappa shape index (κ3) is 3.30. The first-order chi connectivity index (χ1) is 9.83. The number of hydrogen-bond donors (Lipinski definition) is 2. The van der Waals surface area contributed by atoms with Crippen LogP contribution in [0.15, 0.2) is 17.0 Å². The summed E-state index contributed by atoms with van der Waals surface area (Å²) in [6, 6.07) is 3.40. The Hall–Kier alpha value is -0.910. The maximum absolute atomic E-state index is 12.6. The van der Waals surface area contributed by atoms with Crippen LogP contribution in [0.2, 0.25) is 0 Å². The van der Waals surface area contributed by atoms with Gasteiger partial charge in [0.25, 0.3) is 0 Å². The molecular formula is C16H25NO3S. The highest BCUT2D eigenvalue weighted by Crippen LogP contribution is 2.43. The summed E-state index contributed by atoms with van der Waals surface area (Å²) in [5, 5.41) is 9.27. The van der Waals surface area contributed by atoms with Gasteiger partial charge in [0.15, 0.2) is 0 Å².